The van der Waals surface area contributed by atoms with Gasteiger partial charge in [0.1, 0.15) is 11.5 Å². The molecule has 0 amide bonds. The number of aliphatic carboxylic acids is 1. The van der Waals surface area contributed by atoms with Gasteiger partial charge in [-0.1, -0.05) is 154 Å². The van der Waals surface area contributed by atoms with Gasteiger partial charge in [0.2, 0.25) is 0 Å². The van der Waals surface area contributed by atoms with Crippen molar-refractivity contribution in [3.05, 3.63) is 48.1 Å². The van der Waals surface area contributed by atoms with E-state index in [9.17, 15) is 9.90 Å². The van der Waals surface area contributed by atoms with Gasteiger partial charge in [-0.15, -0.1) is 0 Å². The minimum absolute atomic E-state index is 0.00619. The third-order valence-electron chi connectivity index (χ3n) is 9.65. The quantitative estimate of drug-likeness (QED) is 0.0546. The molecule has 0 aliphatic heterocycles. The molecule has 0 spiro atoms. The first-order valence-corrected chi connectivity index (χ1v) is 21.6. The lowest BCUT2D eigenvalue weighted by Gasteiger charge is -2.17. The number of hydrogen-bond acceptors (Lipinski definition) is 4. The van der Waals surface area contributed by atoms with E-state index in [2.05, 4.69) is 38.2 Å². The van der Waals surface area contributed by atoms with Crippen LogP contribution in [-0.2, 0) is 11.3 Å². The van der Waals surface area contributed by atoms with Crippen LogP contribution in [0, 0.1) is 0 Å². The van der Waals surface area contributed by atoms with E-state index in [4.69, 9.17) is 9.47 Å². The SMILES string of the molecule is CCCCCCCCC=CCCCCCCCCOc1cc(CN(C)CC(=O)O)cc(OCCCCCCCCC=CCCCCCCCC)c1. The minimum atomic E-state index is -0.818. The third kappa shape index (κ3) is 32.1. The Balaban J connectivity index is 2.22. The minimum Gasteiger partial charge on any atom is -0.493 e. The van der Waals surface area contributed by atoms with Gasteiger partial charge in [-0.2, -0.15) is 0 Å². The van der Waals surface area contributed by atoms with Crippen LogP contribution in [-0.4, -0.2) is 42.8 Å². The van der Waals surface area contributed by atoms with Crippen molar-refractivity contribution >= 4 is 5.97 Å². The molecule has 0 aliphatic rings. The summed E-state index contributed by atoms with van der Waals surface area (Å²) >= 11 is 0. The average Bonchev–Trinajstić information content (AvgIpc) is 3.10. The second-order valence-electron chi connectivity index (χ2n) is 15.0. The van der Waals surface area contributed by atoms with E-state index >= 15 is 0 Å². The smallest absolute Gasteiger partial charge is 0.317 e. The van der Waals surface area contributed by atoms with E-state index in [-0.39, 0.29) is 6.54 Å². The second-order valence-corrected chi connectivity index (χ2v) is 15.0. The Morgan fingerprint density at radius 3 is 1.22 bits per heavy atom. The number of nitrogens with zero attached hydrogens (tertiary/aromatic N) is 1. The largest absolute Gasteiger partial charge is 0.493 e. The van der Waals surface area contributed by atoms with E-state index in [1.54, 1.807) is 0 Å². The summed E-state index contributed by atoms with van der Waals surface area (Å²) in [6, 6.07) is 6.07. The third-order valence-corrected chi connectivity index (χ3v) is 9.65. The highest BCUT2D eigenvalue weighted by Crippen LogP contribution is 2.25. The highest BCUT2D eigenvalue weighted by Gasteiger charge is 2.09. The van der Waals surface area contributed by atoms with E-state index in [0.29, 0.717) is 19.8 Å². The molecule has 0 saturated carbocycles. The number of unbranched alkanes of at least 4 members (excludes halogenated alkanes) is 24. The number of allylic oxidation sites excluding steroid dienone is 4. The summed E-state index contributed by atoms with van der Waals surface area (Å²) in [7, 11) is 1.84. The number of carboxylic acid groups (broad SMARTS) is 1. The Kier molecular flexibility index (Phi) is 33.1. The number of likely N-dealkylation sites (N-methyl/N-ethyl adjacent to an activating group) is 1. The first-order valence-electron chi connectivity index (χ1n) is 21.6. The maximum absolute atomic E-state index is 11.2. The Bertz CT molecular complexity index is 912. The predicted octanol–water partition coefficient (Wildman–Crippen LogP) is 14.0. The van der Waals surface area contributed by atoms with E-state index < -0.39 is 5.97 Å². The average molecular weight is 712 g/mol. The van der Waals surface area contributed by atoms with Crippen LogP contribution in [0.1, 0.15) is 199 Å². The molecule has 0 saturated heterocycles. The molecule has 0 radical (unpaired) electrons. The topological polar surface area (TPSA) is 59.0 Å². The summed E-state index contributed by atoms with van der Waals surface area (Å²) in [5.41, 5.74) is 1.02. The summed E-state index contributed by atoms with van der Waals surface area (Å²) in [6.45, 7) is 6.50. The molecule has 0 unspecified atom stereocenters. The van der Waals surface area contributed by atoms with Crippen LogP contribution >= 0.6 is 0 Å². The van der Waals surface area contributed by atoms with Crippen molar-refractivity contribution in [2.75, 3.05) is 26.8 Å². The number of benzene rings is 1. The second kappa shape index (κ2) is 36.1. The van der Waals surface area contributed by atoms with Gasteiger partial charge in [-0.25, -0.2) is 0 Å². The molecule has 1 N–H and O–H groups in total. The lowest BCUT2D eigenvalue weighted by atomic mass is 10.1. The van der Waals surface area contributed by atoms with Gasteiger partial charge in [0.05, 0.1) is 19.8 Å². The van der Waals surface area contributed by atoms with E-state index in [1.165, 1.54) is 167 Å². The fourth-order valence-corrected chi connectivity index (χ4v) is 6.57. The Morgan fingerprint density at radius 1 is 0.529 bits per heavy atom. The molecule has 0 atom stereocenters. The van der Waals surface area contributed by atoms with E-state index in [1.807, 2.05) is 30.1 Å². The number of hydrogen-bond donors (Lipinski definition) is 1. The van der Waals surface area contributed by atoms with Crippen LogP contribution in [0.25, 0.3) is 0 Å². The van der Waals surface area contributed by atoms with Crippen molar-refractivity contribution in [2.24, 2.45) is 0 Å². The molecule has 0 aromatic heterocycles. The standard InChI is InChI=1S/C46H81NO4/c1-4-6-8-10-12-14-16-18-20-22-24-26-28-30-32-34-36-50-44-38-43(41-47(3)42-46(48)49)39-45(40-44)51-37-35-33-31-29-27-25-23-21-19-17-15-13-11-9-7-5-2/h18-21,38-40H,4-17,22-37,41-42H2,1-3H3,(H,48,49). The molecular formula is C46H81NO4. The number of carbonyl (C=O) groups is 1. The van der Waals surface area contributed by atoms with Crippen molar-refractivity contribution in [3.63, 3.8) is 0 Å². The monoisotopic (exact) mass is 712 g/mol. The summed E-state index contributed by atoms with van der Waals surface area (Å²) in [5, 5.41) is 9.20. The molecule has 1 rings (SSSR count). The lowest BCUT2D eigenvalue weighted by molar-refractivity contribution is -0.138. The van der Waals surface area contributed by atoms with Gasteiger partial charge in [-0.3, -0.25) is 9.69 Å². The van der Waals surface area contributed by atoms with Crippen molar-refractivity contribution < 1.29 is 19.4 Å². The van der Waals surface area contributed by atoms with Crippen molar-refractivity contribution in [3.8, 4) is 11.5 Å². The van der Waals surface area contributed by atoms with Crippen molar-refractivity contribution in [1.29, 1.82) is 0 Å². The summed E-state index contributed by atoms with van der Waals surface area (Å²) in [5.74, 6) is 0.821. The Labute approximate surface area is 316 Å². The van der Waals surface area contributed by atoms with E-state index in [0.717, 1.165) is 29.9 Å². The zero-order valence-electron chi connectivity index (χ0n) is 33.8. The van der Waals surface area contributed by atoms with Crippen LogP contribution in [0.4, 0.5) is 0 Å². The van der Waals surface area contributed by atoms with Gasteiger partial charge in [-0.05, 0) is 89.0 Å². The molecule has 0 heterocycles. The van der Waals surface area contributed by atoms with Crippen LogP contribution in [0.3, 0.4) is 0 Å². The maximum Gasteiger partial charge on any atom is 0.317 e. The molecule has 294 valence electrons. The van der Waals surface area contributed by atoms with Crippen LogP contribution in [0.15, 0.2) is 42.5 Å². The van der Waals surface area contributed by atoms with Gasteiger partial charge in [0.25, 0.3) is 0 Å². The first kappa shape index (κ1) is 46.8. The Hall–Kier alpha value is -2.27. The van der Waals surface area contributed by atoms with Gasteiger partial charge in [0.15, 0.2) is 0 Å². The zero-order chi connectivity index (χ0) is 36.9. The van der Waals surface area contributed by atoms with Crippen LogP contribution < -0.4 is 9.47 Å². The Morgan fingerprint density at radius 2 is 0.863 bits per heavy atom. The molecular weight excluding hydrogens is 631 g/mol. The van der Waals surface area contributed by atoms with Gasteiger partial charge in [0, 0.05) is 12.6 Å². The maximum atomic E-state index is 11.2. The normalized spacial score (nSPS) is 11.8. The van der Waals surface area contributed by atoms with Crippen LogP contribution in [0.5, 0.6) is 11.5 Å². The highest BCUT2D eigenvalue weighted by molar-refractivity contribution is 5.69. The number of rotatable bonds is 38. The highest BCUT2D eigenvalue weighted by atomic mass is 16.5. The first-order chi connectivity index (χ1) is 25.0. The zero-order valence-corrected chi connectivity index (χ0v) is 33.8. The molecule has 5 heteroatoms. The summed E-state index contributed by atoms with van der Waals surface area (Å²) in [6.07, 6.45) is 45.8. The van der Waals surface area contributed by atoms with Gasteiger partial charge >= 0.3 is 5.97 Å². The lowest BCUT2D eigenvalue weighted by Crippen LogP contribution is -2.25. The molecule has 0 aliphatic carbocycles. The fraction of sp³-hybridized carbons (Fsp3) is 0.761. The molecule has 0 fully saturated rings. The summed E-state index contributed by atoms with van der Waals surface area (Å²) < 4.78 is 12.4. The molecule has 1 aromatic rings. The van der Waals surface area contributed by atoms with Crippen LogP contribution in [0.2, 0.25) is 0 Å². The molecule has 5 nitrogen and oxygen atoms in total. The number of carboxylic acids is 1. The molecule has 51 heavy (non-hydrogen) atoms. The fourth-order valence-electron chi connectivity index (χ4n) is 6.57. The predicted molar refractivity (Wildman–Crippen MR) is 220 cm³/mol. The van der Waals surface area contributed by atoms with Crippen molar-refractivity contribution in [1.82, 2.24) is 4.90 Å². The number of ether oxygens (including phenoxy) is 2. The summed E-state index contributed by atoms with van der Waals surface area (Å²) in [4.78, 5) is 13.0. The van der Waals surface area contributed by atoms with Gasteiger partial charge < -0.3 is 14.6 Å². The van der Waals surface area contributed by atoms with Crippen molar-refractivity contribution in [2.45, 2.75) is 200 Å². The molecule has 0 bridgehead atoms. The molecule has 1 aromatic carbocycles.